The lowest BCUT2D eigenvalue weighted by atomic mass is 9.78. The molecule has 0 saturated carbocycles. The first-order valence-corrected chi connectivity index (χ1v) is 31.2. The van der Waals surface area contributed by atoms with Gasteiger partial charge < -0.3 is 86.0 Å². The number of carbonyl (C=O) groups is 6. The first-order valence-electron chi connectivity index (χ1n) is 31.2. The van der Waals surface area contributed by atoms with Gasteiger partial charge in [0.1, 0.15) is 102 Å². The molecule has 0 aliphatic rings. The van der Waals surface area contributed by atoms with Crippen molar-refractivity contribution in [1.82, 2.24) is 0 Å². The van der Waals surface area contributed by atoms with Crippen LogP contribution in [0.1, 0.15) is 107 Å². The molecule has 2 N–H and O–H groups in total. The minimum absolute atomic E-state index is 0.0431. The zero-order valence-electron chi connectivity index (χ0n) is 61.6. The number of benzene rings is 8. The maximum atomic E-state index is 13.0. The van der Waals surface area contributed by atoms with Crippen molar-refractivity contribution in [2.24, 2.45) is 0 Å². The van der Waals surface area contributed by atoms with E-state index in [1.165, 1.54) is 126 Å². The Hall–Kier alpha value is -11.8. The van der Waals surface area contributed by atoms with Crippen LogP contribution in [0.15, 0.2) is 60.7 Å². The molecule has 0 spiro atoms. The Kier molecular flexibility index (Phi) is 24.7. The van der Waals surface area contributed by atoms with Gasteiger partial charge in [0.25, 0.3) is 0 Å². The number of hydrogen-bond acceptors (Lipinski definition) is 22. The molecule has 24 heteroatoms. The molecule has 0 bridgehead atoms. The van der Waals surface area contributed by atoms with Gasteiger partial charge >= 0.3 is 35.8 Å². The van der Waals surface area contributed by atoms with Gasteiger partial charge in [-0.15, -0.1) is 0 Å². The number of ether oxygens (including phenoxy) is 16. The second kappa shape index (κ2) is 32.5. The number of esters is 4. The third-order valence-electron chi connectivity index (χ3n) is 18.1. The number of rotatable bonds is 24. The van der Waals surface area contributed by atoms with E-state index >= 15 is 0 Å². The topological polar surface area (TPSA) is 291 Å². The van der Waals surface area contributed by atoms with E-state index in [1.807, 2.05) is 41.5 Å². The molecule has 8 rings (SSSR count). The fourth-order valence-electron chi connectivity index (χ4n) is 13.6. The standard InChI is InChI=1S/2C39H42O12/c1-19-34(22-13-25(37(40)49-10)31(46-7)16-28(22)43-4)20(2)36(24-15-27(39(42)51-12)33(48-9)18-30(24)45-6)21(3)35(19)23-14-26(38(41)50-11)32(47-8)17-29(23)44-5;1-17-30(22-13-24(37(40)41)28(47-8)15-26(22)45-6)18(2)32(33-20(4)34(38(42)43)36(50-11)21(5)35(33)49-10)19(3)31(17)23-14-25(39(44)51-12)29(48-9)16-27(23)46-7/h13-18H,1-12H3;13-16H,1-12H3,(H,40,41)(H,42,43). The maximum Gasteiger partial charge on any atom is 0.341 e. The fraction of sp³-hybridized carbons (Fsp3) is 0.308. The Bertz CT molecular complexity index is 4420. The molecule has 8 aromatic rings. The van der Waals surface area contributed by atoms with Crippen molar-refractivity contribution in [2.45, 2.75) is 55.4 Å². The minimum Gasteiger partial charge on any atom is -0.496 e. The normalized spacial score (nSPS) is 10.7. The van der Waals surface area contributed by atoms with Crippen LogP contribution in [-0.4, -0.2) is 160 Å². The van der Waals surface area contributed by atoms with Crippen LogP contribution in [0.5, 0.6) is 69.0 Å². The van der Waals surface area contributed by atoms with Crippen molar-refractivity contribution in [2.75, 3.05) is 114 Å². The van der Waals surface area contributed by atoms with E-state index in [9.17, 15) is 39.0 Å². The quantitative estimate of drug-likeness (QED) is 0.0420. The van der Waals surface area contributed by atoms with Gasteiger partial charge in [0, 0.05) is 69.3 Å². The van der Waals surface area contributed by atoms with Crippen LogP contribution in [-0.2, 0) is 18.9 Å². The van der Waals surface area contributed by atoms with Crippen LogP contribution in [0.3, 0.4) is 0 Å². The number of carboxylic acids is 2. The Balaban J connectivity index is 0.000000286. The van der Waals surface area contributed by atoms with Crippen LogP contribution in [0.2, 0.25) is 0 Å². The van der Waals surface area contributed by atoms with Gasteiger partial charge in [0.2, 0.25) is 0 Å². The van der Waals surface area contributed by atoms with Gasteiger partial charge in [-0.3, -0.25) is 0 Å². The summed E-state index contributed by atoms with van der Waals surface area (Å²) in [6, 6.07) is 16.0. The predicted octanol–water partition coefficient (Wildman–Crippen LogP) is 14.5. The molecule has 0 atom stereocenters. The molecule has 8 aromatic carbocycles. The summed E-state index contributed by atoms with van der Waals surface area (Å²) in [6.07, 6.45) is 0. The number of carboxylic acid groups (broad SMARTS) is 2. The zero-order valence-corrected chi connectivity index (χ0v) is 61.6. The van der Waals surface area contributed by atoms with Crippen molar-refractivity contribution < 1.29 is 115 Å². The molecule has 0 unspecified atom stereocenters. The lowest BCUT2D eigenvalue weighted by Gasteiger charge is -2.28. The highest BCUT2D eigenvalue weighted by molar-refractivity contribution is 6.06. The summed E-state index contributed by atoms with van der Waals surface area (Å²) in [7, 11) is 22.7. The van der Waals surface area contributed by atoms with Crippen molar-refractivity contribution in [3.8, 4) is 136 Å². The lowest BCUT2D eigenvalue weighted by molar-refractivity contribution is 0.0588. The summed E-state index contributed by atoms with van der Waals surface area (Å²) in [6.45, 7) is 14.8. The van der Waals surface area contributed by atoms with E-state index in [1.54, 1.807) is 62.4 Å². The lowest BCUT2D eigenvalue weighted by Crippen LogP contribution is -2.11. The zero-order chi connectivity index (χ0) is 75.8. The van der Waals surface area contributed by atoms with Gasteiger partial charge in [-0.25, -0.2) is 28.8 Å². The Morgan fingerprint density at radius 1 is 0.225 bits per heavy atom. The molecule has 0 aromatic heterocycles. The molecule has 0 aliphatic heterocycles. The van der Waals surface area contributed by atoms with E-state index in [0.29, 0.717) is 129 Å². The highest BCUT2D eigenvalue weighted by Gasteiger charge is 2.35. The van der Waals surface area contributed by atoms with Crippen molar-refractivity contribution >= 4 is 35.8 Å². The van der Waals surface area contributed by atoms with E-state index in [0.717, 1.165) is 16.7 Å². The summed E-state index contributed by atoms with van der Waals surface area (Å²) >= 11 is 0. The average molecular weight is 1410 g/mol. The predicted molar refractivity (Wildman–Crippen MR) is 381 cm³/mol. The second-order valence-electron chi connectivity index (χ2n) is 22.9. The number of methoxy groups -OCH3 is 16. The van der Waals surface area contributed by atoms with Gasteiger partial charge in [-0.2, -0.15) is 0 Å². The SMILES string of the molecule is COC(=O)c1cc(-c2c(C)c(-c3cc(C(=O)O)c(OC)cc3OC)c(C)c(-c3c(C)c(C(=O)O)c(OC)c(C)c3OC)c2C)c(OC)cc1OC.COC(=O)c1cc(-c2c(C)c(-c3cc(C(=O)OC)c(OC)cc3OC)c(C)c(-c3cc(C(=O)OC)c(OC)cc3OC)c2C)c(OC)cc1OC. The van der Waals surface area contributed by atoms with Gasteiger partial charge in [0.15, 0.2) is 0 Å². The van der Waals surface area contributed by atoms with Crippen molar-refractivity contribution in [3.05, 3.63) is 139 Å². The molecular weight excluding hydrogens is 1320 g/mol. The van der Waals surface area contributed by atoms with Crippen molar-refractivity contribution in [3.63, 3.8) is 0 Å². The maximum absolute atomic E-state index is 13.0. The average Bonchev–Trinajstić information content (AvgIpc) is 0.729. The molecule has 0 radical (unpaired) electrons. The molecular formula is C78H84O24. The minimum atomic E-state index is -1.22. The monoisotopic (exact) mass is 1400 g/mol. The van der Waals surface area contributed by atoms with E-state index in [-0.39, 0.29) is 67.9 Å². The molecule has 0 aliphatic carbocycles. The van der Waals surface area contributed by atoms with Crippen LogP contribution in [0, 0.1) is 55.4 Å². The van der Waals surface area contributed by atoms with Gasteiger partial charge in [0.05, 0.1) is 114 Å². The first kappa shape index (κ1) is 77.5. The molecule has 0 heterocycles. The summed E-state index contributed by atoms with van der Waals surface area (Å²) in [5.74, 6) is -1.38. The van der Waals surface area contributed by atoms with Crippen LogP contribution < -0.4 is 56.8 Å². The van der Waals surface area contributed by atoms with Gasteiger partial charge in [-0.1, -0.05) is 0 Å². The molecule has 540 valence electrons. The molecule has 0 saturated heterocycles. The van der Waals surface area contributed by atoms with Gasteiger partial charge in [-0.05, 0) is 158 Å². The van der Waals surface area contributed by atoms with Crippen LogP contribution >= 0.6 is 0 Å². The summed E-state index contributed by atoms with van der Waals surface area (Å²) in [4.78, 5) is 77.4. The number of carbonyl (C=O) groups excluding carboxylic acids is 4. The largest absolute Gasteiger partial charge is 0.496 e. The molecule has 24 nitrogen and oxygen atoms in total. The number of aromatic carboxylic acids is 2. The Morgan fingerprint density at radius 2 is 0.441 bits per heavy atom. The first-order chi connectivity index (χ1) is 48.6. The third kappa shape index (κ3) is 13.8. The molecule has 0 amide bonds. The van der Waals surface area contributed by atoms with Crippen LogP contribution in [0.25, 0.3) is 66.8 Å². The highest BCUT2D eigenvalue weighted by atomic mass is 16.5. The van der Waals surface area contributed by atoms with E-state index < -0.39 is 35.8 Å². The fourth-order valence-corrected chi connectivity index (χ4v) is 13.6. The third-order valence-corrected chi connectivity index (χ3v) is 18.1. The summed E-state index contributed by atoms with van der Waals surface area (Å²) < 4.78 is 88.9. The Morgan fingerprint density at radius 3 is 0.637 bits per heavy atom. The van der Waals surface area contributed by atoms with Crippen LogP contribution in [0.4, 0.5) is 0 Å². The van der Waals surface area contributed by atoms with Crippen molar-refractivity contribution in [1.29, 1.82) is 0 Å². The second-order valence-corrected chi connectivity index (χ2v) is 22.9. The summed E-state index contributed by atoms with van der Waals surface area (Å²) in [5.41, 5.74) is 12.4. The number of hydrogen-bond donors (Lipinski definition) is 2. The molecule has 0 fully saturated rings. The van der Waals surface area contributed by atoms with E-state index in [4.69, 9.17) is 75.8 Å². The highest BCUT2D eigenvalue weighted by Crippen LogP contribution is 2.55. The molecule has 102 heavy (non-hydrogen) atoms. The Labute approximate surface area is 591 Å². The smallest absolute Gasteiger partial charge is 0.341 e. The van der Waals surface area contributed by atoms with E-state index in [2.05, 4.69) is 0 Å². The summed E-state index contributed by atoms with van der Waals surface area (Å²) in [5, 5.41) is 20.6.